The van der Waals surface area contributed by atoms with E-state index in [9.17, 15) is 4.79 Å². The Morgan fingerprint density at radius 1 is 1.56 bits per heavy atom. The number of hydrogen-bond acceptors (Lipinski definition) is 3. The van der Waals surface area contributed by atoms with Crippen LogP contribution in [-0.4, -0.2) is 32.9 Å². The van der Waals surface area contributed by atoms with Crippen molar-refractivity contribution < 1.29 is 4.79 Å². The van der Waals surface area contributed by atoms with Gasteiger partial charge in [-0.15, -0.1) is 0 Å². The molecular formula is C13H22N4O. The molecule has 5 nitrogen and oxygen atoms in total. The molecule has 0 aromatic carbocycles. The van der Waals surface area contributed by atoms with Crippen molar-refractivity contribution in [2.24, 2.45) is 12.8 Å². The maximum absolute atomic E-state index is 12.2. The molecule has 0 spiro atoms. The molecule has 5 heteroatoms. The van der Waals surface area contributed by atoms with Crippen LogP contribution in [0.5, 0.6) is 0 Å². The van der Waals surface area contributed by atoms with Crippen LogP contribution in [-0.2, 0) is 18.4 Å². The molecule has 0 radical (unpaired) electrons. The van der Waals surface area contributed by atoms with E-state index in [1.807, 2.05) is 24.9 Å². The predicted octanol–water partition coefficient (Wildman–Crippen LogP) is 1.04. The summed E-state index contributed by atoms with van der Waals surface area (Å²) < 4.78 is 1.93. The number of carbonyl (C=O) groups is 1. The Balaban J connectivity index is 1.91. The lowest BCUT2D eigenvalue weighted by Gasteiger charge is -2.26. The first-order valence-corrected chi connectivity index (χ1v) is 6.49. The molecule has 0 saturated heterocycles. The lowest BCUT2D eigenvalue weighted by Crippen LogP contribution is -2.42. The number of aromatic nitrogens is 2. The van der Waals surface area contributed by atoms with Gasteiger partial charge < -0.3 is 15.2 Å². The lowest BCUT2D eigenvalue weighted by molar-refractivity contribution is -0.131. The van der Waals surface area contributed by atoms with Gasteiger partial charge in [0.1, 0.15) is 5.82 Å². The SMILES string of the molecule is CN(Cc1nccn1C)C(=O)CC1(N)CCCC1. The highest BCUT2D eigenvalue weighted by Gasteiger charge is 2.32. The molecule has 0 atom stereocenters. The Morgan fingerprint density at radius 2 is 2.22 bits per heavy atom. The minimum atomic E-state index is -0.271. The van der Waals surface area contributed by atoms with Crippen molar-refractivity contribution in [3.05, 3.63) is 18.2 Å². The number of amides is 1. The first kappa shape index (κ1) is 13.1. The van der Waals surface area contributed by atoms with Gasteiger partial charge >= 0.3 is 0 Å². The average molecular weight is 250 g/mol. The van der Waals surface area contributed by atoms with Crippen LogP contribution < -0.4 is 5.73 Å². The van der Waals surface area contributed by atoms with E-state index in [1.54, 1.807) is 11.1 Å². The summed E-state index contributed by atoms with van der Waals surface area (Å²) in [4.78, 5) is 18.1. The van der Waals surface area contributed by atoms with E-state index in [4.69, 9.17) is 5.73 Å². The second-order valence-electron chi connectivity index (χ2n) is 5.45. The van der Waals surface area contributed by atoms with Gasteiger partial charge in [-0.2, -0.15) is 0 Å². The van der Waals surface area contributed by atoms with Gasteiger partial charge in [-0.1, -0.05) is 12.8 Å². The summed E-state index contributed by atoms with van der Waals surface area (Å²) in [6, 6.07) is 0. The van der Waals surface area contributed by atoms with Crippen molar-refractivity contribution in [1.29, 1.82) is 0 Å². The minimum absolute atomic E-state index is 0.113. The number of rotatable bonds is 4. The highest BCUT2D eigenvalue weighted by molar-refractivity contribution is 5.77. The van der Waals surface area contributed by atoms with Crippen molar-refractivity contribution in [2.45, 2.75) is 44.2 Å². The monoisotopic (exact) mass is 250 g/mol. The summed E-state index contributed by atoms with van der Waals surface area (Å²) in [5.74, 6) is 1.01. The maximum Gasteiger partial charge on any atom is 0.224 e. The van der Waals surface area contributed by atoms with Gasteiger partial charge in [0.2, 0.25) is 5.91 Å². The third kappa shape index (κ3) is 2.90. The normalized spacial score (nSPS) is 17.9. The van der Waals surface area contributed by atoms with E-state index in [-0.39, 0.29) is 11.4 Å². The van der Waals surface area contributed by atoms with Crippen LogP contribution in [0.4, 0.5) is 0 Å². The van der Waals surface area contributed by atoms with Gasteiger partial charge in [-0.25, -0.2) is 4.98 Å². The summed E-state index contributed by atoms with van der Waals surface area (Å²) in [7, 11) is 3.75. The van der Waals surface area contributed by atoms with Crippen LogP contribution in [0.1, 0.15) is 37.9 Å². The average Bonchev–Trinajstić information content (AvgIpc) is 2.89. The summed E-state index contributed by atoms with van der Waals surface area (Å²) in [5, 5.41) is 0. The zero-order valence-corrected chi connectivity index (χ0v) is 11.2. The van der Waals surface area contributed by atoms with Crippen molar-refractivity contribution in [3.8, 4) is 0 Å². The first-order valence-electron chi connectivity index (χ1n) is 6.49. The van der Waals surface area contributed by atoms with Crippen molar-refractivity contribution >= 4 is 5.91 Å². The summed E-state index contributed by atoms with van der Waals surface area (Å²) in [6.45, 7) is 0.540. The Hall–Kier alpha value is -1.36. The molecule has 1 saturated carbocycles. The molecule has 1 fully saturated rings. The van der Waals surface area contributed by atoms with Gasteiger partial charge in [-0.3, -0.25) is 4.79 Å². The molecule has 0 aliphatic heterocycles. The topological polar surface area (TPSA) is 64.2 Å². The molecule has 0 bridgehead atoms. The van der Waals surface area contributed by atoms with Crippen molar-refractivity contribution in [1.82, 2.24) is 14.5 Å². The Labute approximate surface area is 108 Å². The molecular weight excluding hydrogens is 228 g/mol. The molecule has 1 aliphatic carbocycles. The predicted molar refractivity (Wildman–Crippen MR) is 69.7 cm³/mol. The van der Waals surface area contributed by atoms with Gasteiger partial charge in [-0.05, 0) is 12.8 Å². The van der Waals surface area contributed by atoms with E-state index in [0.717, 1.165) is 31.5 Å². The lowest BCUT2D eigenvalue weighted by atomic mass is 9.94. The molecule has 1 aromatic rings. The zero-order chi connectivity index (χ0) is 13.2. The van der Waals surface area contributed by atoms with Crippen LogP contribution in [0, 0.1) is 0 Å². The Bertz CT molecular complexity index is 420. The summed E-state index contributed by atoms with van der Waals surface area (Å²) >= 11 is 0. The Morgan fingerprint density at radius 3 is 2.78 bits per heavy atom. The van der Waals surface area contributed by atoms with Crippen LogP contribution in [0.25, 0.3) is 0 Å². The highest BCUT2D eigenvalue weighted by atomic mass is 16.2. The number of hydrogen-bond donors (Lipinski definition) is 1. The number of carbonyl (C=O) groups excluding carboxylic acids is 1. The fourth-order valence-electron chi connectivity index (χ4n) is 2.54. The van der Waals surface area contributed by atoms with E-state index < -0.39 is 0 Å². The molecule has 2 rings (SSSR count). The molecule has 100 valence electrons. The van der Waals surface area contributed by atoms with Crippen molar-refractivity contribution in [2.75, 3.05) is 7.05 Å². The van der Waals surface area contributed by atoms with Gasteiger partial charge in [0.25, 0.3) is 0 Å². The van der Waals surface area contributed by atoms with Gasteiger partial charge in [0.05, 0.1) is 6.54 Å². The molecule has 2 N–H and O–H groups in total. The molecule has 1 aromatic heterocycles. The number of nitrogens with two attached hydrogens (primary N) is 1. The van der Waals surface area contributed by atoms with Crippen LogP contribution in [0.15, 0.2) is 12.4 Å². The summed E-state index contributed by atoms with van der Waals surface area (Å²) in [5.41, 5.74) is 5.96. The fraction of sp³-hybridized carbons (Fsp3) is 0.692. The second kappa shape index (κ2) is 5.10. The molecule has 1 heterocycles. The molecule has 0 unspecified atom stereocenters. The van der Waals surface area contributed by atoms with Crippen LogP contribution in [0.3, 0.4) is 0 Å². The quantitative estimate of drug-likeness (QED) is 0.868. The second-order valence-corrected chi connectivity index (χ2v) is 5.45. The van der Waals surface area contributed by atoms with E-state index >= 15 is 0 Å². The zero-order valence-electron chi connectivity index (χ0n) is 11.2. The van der Waals surface area contributed by atoms with Crippen molar-refractivity contribution in [3.63, 3.8) is 0 Å². The van der Waals surface area contributed by atoms with E-state index in [2.05, 4.69) is 4.98 Å². The number of nitrogens with zero attached hydrogens (tertiary/aromatic N) is 3. The molecule has 1 amide bonds. The maximum atomic E-state index is 12.2. The number of aryl methyl sites for hydroxylation is 1. The highest BCUT2D eigenvalue weighted by Crippen LogP contribution is 2.30. The smallest absolute Gasteiger partial charge is 0.224 e. The minimum Gasteiger partial charge on any atom is -0.338 e. The summed E-state index contributed by atoms with van der Waals surface area (Å²) in [6.07, 6.45) is 8.31. The fourth-order valence-corrected chi connectivity index (χ4v) is 2.54. The third-order valence-corrected chi connectivity index (χ3v) is 3.83. The molecule has 18 heavy (non-hydrogen) atoms. The van der Waals surface area contributed by atoms with Crippen LogP contribution in [0.2, 0.25) is 0 Å². The van der Waals surface area contributed by atoms with E-state index in [1.165, 1.54) is 0 Å². The largest absolute Gasteiger partial charge is 0.338 e. The Kier molecular flexibility index (Phi) is 3.71. The molecule has 1 aliphatic rings. The van der Waals surface area contributed by atoms with Gasteiger partial charge in [0.15, 0.2) is 0 Å². The van der Waals surface area contributed by atoms with Gasteiger partial charge in [0, 0.05) is 38.4 Å². The standard InChI is InChI=1S/C13H22N4O/c1-16-8-7-15-11(16)10-17(2)12(18)9-13(14)5-3-4-6-13/h7-8H,3-6,9-10,14H2,1-2H3. The van der Waals surface area contributed by atoms with Crippen LogP contribution >= 0.6 is 0 Å². The first-order chi connectivity index (χ1) is 8.50. The van der Waals surface area contributed by atoms with E-state index in [0.29, 0.717) is 13.0 Å². The number of imidazole rings is 1. The third-order valence-electron chi connectivity index (χ3n) is 3.83.